The van der Waals surface area contributed by atoms with Gasteiger partial charge in [-0.05, 0) is 49.9 Å². The molecule has 1 heterocycles. The van der Waals surface area contributed by atoms with Gasteiger partial charge in [0, 0.05) is 6.54 Å². The van der Waals surface area contributed by atoms with E-state index >= 15 is 0 Å². The summed E-state index contributed by atoms with van der Waals surface area (Å²) in [4.78, 5) is 14.2. The largest absolute Gasteiger partial charge is 0.444 e. The molecule has 158 valence electrons. The van der Waals surface area contributed by atoms with Crippen molar-refractivity contribution in [1.82, 2.24) is 9.29 Å². The maximum Gasteiger partial charge on any atom is 0.410 e. The molecule has 28 heavy (non-hydrogen) atoms. The SMILES string of the molecule is CC(C)(C)OC(=O)N1CCC1c1ccc(S(=O)(=O)N[Si](C)(C)C(C)(C)C)cc1. The topological polar surface area (TPSA) is 75.7 Å². The summed E-state index contributed by atoms with van der Waals surface area (Å²) < 4.78 is 34.0. The van der Waals surface area contributed by atoms with Crippen LogP contribution in [0, 0.1) is 0 Å². The molecule has 0 saturated carbocycles. The zero-order valence-corrected chi connectivity index (χ0v) is 20.1. The number of sulfonamides is 1. The quantitative estimate of drug-likeness (QED) is 0.711. The summed E-state index contributed by atoms with van der Waals surface area (Å²) in [6, 6.07) is 6.76. The van der Waals surface area contributed by atoms with Gasteiger partial charge in [0.15, 0.2) is 0 Å². The zero-order chi connectivity index (χ0) is 21.5. The van der Waals surface area contributed by atoms with E-state index in [4.69, 9.17) is 4.74 Å². The first kappa shape index (κ1) is 22.9. The van der Waals surface area contributed by atoms with Gasteiger partial charge in [0.2, 0.25) is 10.0 Å². The van der Waals surface area contributed by atoms with E-state index in [1.165, 1.54) is 0 Å². The van der Waals surface area contributed by atoms with Gasteiger partial charge in [-0.3, -0.25) is 0 Å². The van der Waals surface area contributed by atoms with Gasteiger partial charge >= 0.3 is 6.09 Å². The molecule has 0 aromatic heterocycles. The van der Waals surface area contributed by atoms with Crippen LogP contribution in [0.25, 0.3) is 0 Å². The van der Waals surface area contributed by atoms with Gasteiger partial charge in [-0.25, -0.2) is 17.6 Å². The van der Waals surface area contributed by atoms with Crippen LogP contribution in [0.5, 0.6) is 0 Å². The lowest BCUT2D eigenvalue weighted by Crippen LogP contribution is -2.54. The number of carbonyl (C=O) groups excluding carboxylic acids is 1. The minimum Gasteiger partial charge on any atom is -0.444 e. The number of hydrogen-bond donors (Lipinski definition) is 1. The third kappa shape index (κ3) is 5.15. The van der Waals surface area contributed by atoms with Crippen LogP contribution in [0.1, 0.15) is 59.6 Å². The lowest BCUT2D eigenvalue weighted by molar-refractivity contribution is -0.00575. The second-order valence-electron chi connectivity index (χ2n) is 10.0. The molecule has 1 N–H and O–H groups in total. The molecule has 1 aromatic carbocycles. The maximum absolute atomic E-state index is 12.8. The molecule has 1 fully saturated rings. The van der Waals surface area contributed by atoms with Crippen LogP contribution in [-0.2, 0) is 14.8 Å². The molecule has 1 saturated heterocycles. The van der Waals surface area contributed by atoms with Crippen LogP contribution in [0.15, 0.2) is 29.2 Å². The van der Waals surface area contributed by atoms with E-state index < -0.39 is 23.9 Å². The first-order chi connectivity index (χ1) is 12.5. The number of benzene rings is 1. The molecule has 1 aliphatic rings. The summed E-state index contributed by atoms with van der Waals surface area (Å²) in [5.41, 5.74) is 0.383. The number of hydrogen-bond acceptors (Lipinski definition) is 4. The second-order valence-corrected chi connectivity index (χ2v) is 17.1. The van der Waals surface area contributed by atoms with Gasteiger partial charge in [0.25, 0.3) is 0 Å². The fourth-order valence-corrected chi connectivity index (χ4v) is 7.57. The standard InChI is InChI=1S/C20H34N2O4SSi/c1-19(2,3)26-18(23)22-14-13-17(22)15-9-11-16(12-10-15)27(24,25)21-28(7,8)20(4,5)6/h9-12,17,21H,13-14H2,1-8H3. The molecule has 1 aliphatic heterocycles. The molecule has 0 aliphatic carbocycles. The Labute approximate surface area is 170 Å². The lowest BCUT2D eigenvalue weighted by Gasteiger charge is -2.41. The van der Waals surface area contributed by atoms with Crippen LogP contribution >= 0.6 is 0 Å². The fourth-order valence-electron chi connectivity index (χ4n) is 2.69. The second kappa shape index (κ2) is 7.46. The normalized spacial score (nSPS) is 18.6. The Kier molecular flexibility index (Phi) is 6.10. The monoisotopic (exact) mass is 426 g/mol. The summed E-state index contributed by atoms with van der Waals surface area (Å²) >= 11 is 0. The number of likely N-dealkylation sites (tertiary alicyclic amines) is 1. The lowest BCUT2D eigenvalue weighted by atomic mass is 9.95. The van der Waals surface area contributed by atoms with E-state index in [9.17, 15) is 13.2 Å². The van der Waals surface area contributed by atoms with Gasteiger partial charge in [-0.2, -0.15) is 0 Å². The van der Waals surface area contributed by atoms with Crippen LogP contribution in [0.3, 0.4) is 0 Å². The third-order valence-electron chi connectivity index (χ3n) is 5.49. The third-order valence-corrected chi connectivity index (χ3v) is 13.2. The zero-order valence-electron chi connectivity index (χ0n) is 18.3. The Balaban J connectivity index is 2.14. The average Bonchev–Trinajstić information content (AvgIpc) is 2.42. The predicted molar refractivity (Wildman–Crippen MR) is 114 cm³/mol. The molecule has 8 heteroatoms. The molecule has 2 rings (SSSR count). The van der Waals surface area contributed by atoms with E-state index in [-0.39, 0.29) is 22.1 Å². The van der Waals surface area contributed by atoms with Crippen molar-refractivity contribution in [2.45, 2.75) is 82.6 Å². The van der Waals surface area contributed by atoms with Gasteiger partial charge < -0.3 is 9.64 Å². The molecule has 6 nitrogen and oxygen atoms in total. The van der Waals surface area contributed by atoms with Crippen molar-refractivity contribution in [1.29, 1.82) is 0 Å². The van der Waals surface area contributed by atoms with Crippen molar-refractivity contribution in [3.63, 3.8) is 0 Å². The van der Waals surface area contributed by atoms with E-state index in [0.717, 1.165) is 12.0 Å². The minimum absolute atomic E-state index is 0.0695. The summed E-state index contributed by atoms with van der Waals surface area (Å²) in [6.07, 6.45) is 0.508. The highest BCUT2D eigenvalue weighted by atomic mass is 32.2. The molecule has 0 radical (unpaired) electrons. The van der Waals surface area contributed by atoms with Crippen LogP contribution in [0.2, 0.25) is 18.1 Å². The van der Waals surface area contributed by atoms with Crippen LogP contribution < -0.4 is 4.39 Å². The summed E-state index contributed by atoms with van der Waals surface area (Å²) in [7, 11) is -5.79. The van der Waals surface area contributed by atoms with Crippen molar-refractivity contribution >= 4 is 24.4 Å². The Morgan fingerprint density at radius 1 is 1.11 bits per heavy atom. The van der Waals surface area contributed by atoms with Crippen molar-refractivity contribution in [3.05, 3.63) is 29.8 Å². The van der Waals surface area contributed by atoms with Gasteiger partial charge in [0.05, 0.1) is 10.9 Å². The smallest absolute Gasteiger partial charge is 0.410 e. The highest BCUT2D eigenvalue weighted by Gasteiger charge is 2.40. The van der Waals surface area contributed by atoms with Crippen molar-refractivity contribution in [3.8, 4) is 0 Å². The van der Waals surface area contributed by atoms with Crippen LogP contribution in [-0.4, -0.2) is 39.8 Å². The molecule has 1 atom stereocenters. The van der Waals surface area contributed by atoms with Crippen molar-refractivity contribution < 1.29 is 17.9 Å². The summed E-state index contributed by atoms with van der Waals surface area (Å²) in [6.45, 7) is 16.4. The number of carbonyl (C=O) groups is 1. The summed E-state index contributed by atoms with van der Waals surface area (Å²) in [5.74, 6) is 0. The molecule has 1 aromatic rings. The van der Waals surface area contributed by atoms with E-state index in [1.807, 2.05) is 33.9 Å². The van der Waals surface area contributed by atoms with E-state index in [2.05, 4.69) is 25.2 Å². The molecular weight excluding hydrogens is 392 g/mol. The van der Waals surface area contributed by atoms with E-state index in [1.54, 1.807) is 29.2 Å². The minimum atomic E-state index is -3.58. The van der Waals surface area contributed by atoms with Crippen molar-refractivity contribution in [2.75, 3.05) is 6.54 Å². The van der Waals surface area contributed by atoms with E-state index in [0.29, 0.717) is 6.54 Å². The highest BCUT2D eigenvalue weighted by Crippen LogP contribution is 2.36. The maximum atomic E-state index is 12.8. The Morgan fingerprint density at radius 2 is 1.64 bits per heavy atom. The predicted octanol–water partition coefficient (Wildman–Crippen LogP) is 4.65. The number of nitrogens with one attached hydrogen (secondary N) is 1. The molecule has 0 bridgehead atoms. The van der Waals surface area contributed by atoms with Crippen molar-refractivity contribution in [2.24, 2.45) is 0 Å². The fraction of sp³-hybridized carbons (Fsp3) is 0.650. The molecule has 0 spiro atoms. The number of rotatable bonds is 4. The Morgan fingerprint density at radius 3 is 2.04 bits per heavy atom. The number of nitrogens with zero attached hydrogens (tertiary/aromatic N) is 1. The highest BCUT2D eigenvalue weighted by molar-refractivity contribution is 7.91. The summed E-state index contributed by atoms with van der Waals surface area (Å²) in [5, 5.41) is -0.0974. The average molecular weight is 427 g/mol. The number of amides is 1. The van der Waals surface area contributed by atoms with Gasteiger partial charge in [-0.15, -0.1) is 0 Å². The first-order valence-corrected chi connectivity index (χ1v) is 14.2. The molecule has 1 unspecified atom stereocenters. The first-order valence-electron chi connectivity index (χ1n) is 9.67. The molecule has 1 amide bonds. The van der Waals surface area contributed by atoms with Gasteiger partial charge in [0.1, 0.15) is 13.8 Å². The molecular formula is C20H34N2O4SSi. The van der Waals surface area contributed by atoms with Crippen LogP contribution in [0.4, 0.5) is 4.79 Å². The number of ether oxygens (including phenoxy) is 1. The Bertz CT molecular complexity index is 821. The Hall–Kier alpha value is -1.38. The van der Waals surface area contributed by atoms with Gasteiger partial charge in [-0.1, -0.05) is 46.0 Å².